The van der Waals surface area contributed by atoms with Crippen LogP contribution in [-0.2, 0) is 13.1 Å². The summed E-state index contributed by atoms with van der Waals surface area (Å²) >= 11 is 0. The van der Waals surface area contributed by atoms with Crippen LogP contribution in [0, 0.1) is 13.8 Å². The summed E-state index contributed by atoms with van der Waals surface area (Å²) in [4.78, 5) is 19.4. The van der Waals surface area contributed by atoms with Gasteiger partial charge in [-0.1, -0.05) is 37.3 Å². The van der Waals surface area contributed by atoms with E-state index in [4.69, 9.17) is 4.98 Å². The molecule has 1 aromatic carbocycles. The molecule has 24 heavy (non-hydrogen) atoms. The van der Waals surface area contributed by atoms with E-state index in [-0.39, 0.29) is 5.56 Å². The van der Waals surface area contributed by atoms with Gasteiger partial charge in [-0.05, 0) is 43.1 Å². The molecule has 0 bridgehead atoms. The number of hydrogen-bond donors (Lipinski definition) is 0. The summed E-state index contributed by atoms with van der Waals surface area (Å²) in [5.74, 6) is 0. The normalized spacial score (nSPS) is 11.3. The van der Waals surface area contributed by atoms with E-state index in [0.717, 1.165) is 30.0 Å². The average Bonchev–Trinajstić information content (AvgIpc) is 2.57. The van der Waals surface area contributed by atoms with Crippen molar-refractivity contribution in [3.63, 3.8) is 0 Å². The molecule has 4 nitrogen and oxygen atoms in total. The Morgan fingerprint density at radius 1 is 1.04 bits per heavy atom. The van der Waals surface area contributed by atoms with Crippen LogP contribution in [0.1, 0.15) is 29.3 Å². The highest BCUT2D eigenvalue weighted by Crippen LogP contribution is 2.13. The number of aromatic nitrogens is 2. The van der Waals surface area contributed by atoms with Gasteiger partial charge in [0.25, 0.3) is 5.56 Å². The van der Waals surface area contributed by atoms with Crippen molar-refractivity contribution in [3.8, 4) is 0 Å². The lowest BCUT2D eigenvalue weighted by Crippen LogP contribution is -2.25. The lowest BCUT2D eigenvalue weighted by Gasteiger charge is -2.21. The average molecular weight is 321 g/mol. The third-order valence-corrected chi connectivity index (χ3v) is 4.43. The second-order valence-corrected chi connectivity index (χ2v) is 6.20. The number of fused-ring (bicyclic) bond motifs is 1. The molecule has 0 saturated carbocycles. The van der Waals surface area contributed by atoms with Crippen LogP contribution in [0.25, 0.3) is 5.65 Å². The van der Waals surface area contributed by atoms with Crippen molar-refractivity contribution in [1.82, 2.24) is 14.3 Å². The molecule has 0 aliphatic rings. The minimum Gasteiger partial charge on any atom is -0.294 e. The molecule has 0 saturated heterocycles. The van der Waals surface area contributed by atoms with Gasteiger partial charge in [0.05, 0.1) is 5.69 Å². The van der Waals surface area contributed by atoms with Crippen molar-refractivity contribution in [3.05, 3.63) is 81.4 Å². The van der Waals surface area contributed by atoms with Crippen molar-refractivity contribution in [2.24, 2.45) is 0 Å². The number of hydrogen-bond acceptors (Lipinski definition) is 3. The third-order valence-electron chi connectivity index (χ3n) is 4.43. The Balaban J connectivity index is 1.89. The minimum absolute atomic E-state index is 0.0226. The van der Waals surface area contributed by atoms with Gasteiger partial charge in [-0.2, -0.15) is 0 Å². The highest BCUT2D eigenvalue weighted by Gasteiger charge is 2.10. The minimum atomic E-state index is -0.0226. The predicted molar refractivity (Wildman–Crippen MR) is 97.2 cm³/mol. The Bertz CT molecular complexity index is 914. The third kappa shape index (κ3) is 3.39. The maximum atomic E-state index is 12.3. The maximum absolute atomic E-state index is 12.3. The van der Waals surface area contributed by atoms with Crippen LogP contribution in [0.2, 0.25) is 0 Å². The number of benzene rings is 1. The van der Waals surface area contributed by atoms with Gasteiger partial charge in [0, 0.05) is 25.4 Å². The van der Waals surface area contributed by atoms with Gasteiger partial charge in [-0.25, -0.2) is 4.98 Å². The Labute approximate surface area is 142 Å². The van der Waals surface area contributed by atoms with Gasteiger partial charge in [0.2, 0.25) is 0 Å². The quantitative estimate of drug-likeness (QED) is 0.723. The molecule has 2 aromatic heterocycles. The first-order chi connectivity index (χ1) is 11.6. The van der Waals surface area contributed by atoms with E-state index >= 15 is 0 Å². The molecule has 3 rings (SSSR count). The fourth-order valence-electron chi connectivity index (χ4n) is 2.93. The van der Waals surface area contributed by atoms with Gasteiger partial charge in [-0.15, -0.1) is 0 Å². The van der Waals surface area contributed by atoms with Crippen molar-refractivity contribution in [2.45, 2.75) is 33.9 Å². The topological polar surface area (TPSA) is 37.6 Å². The summed E-state index contributed by atoms with van der Waals surface area (Å²) in [6, 6.07) is 13.9. The van der Waals surface area contributed by atoms with Gasteiger partial charge < -0.3 is 0 Å². The highest BCUT2D eigenvalue weighted by molar-refractivity contribution is 5.46. The van der Waals surface area contributed by atoms with E-state index in [1.807, 2.05) is 19.1 Å². The first-order valence-corrected chi connectivity index (χ1v) is 8.33. The van der Waals surface area contributed by atoms with E-state index < -0.39 is 0 Å². The van der Waals surface area contributed by atoms with E-state index in [1.54, 1.807) is 16.7 Å². The van der Waals surface area contributed by atoms with Crippen LogP contribution < -0.4 is 5.56 Å². The van der Waals surface area contributed by atoms with Crippen LogP contribution in [0.5, 0.6) is 0 Å². The Morgan fingerprint density at radius 3 is 2.54 bits per heavy atom. The molecular weight excluding hydrogens is 298 g/mol. The molecule has 0 radical (unpaired) electrons. The Hall–Kier alpha value is -2.46. The predicted octanol–water partition coefficient (Wildman–Crippen LogP) is 3.33. The van der Waals surface area contributed by atoms with E-state index in [9.17, 15) is 4.79 Å². The second-order valence-electron chi connectivity index (χ2n) is 6.20. The monoisotopic (exact) mass is 321 g/mol. The Kier molecular flexibility index (Phi) is 4.76. The van der Waals surface area contributed by atoms with Gasteiger partial charge in [0.15, 0.2) is 0 Å². The molecule has 0 fully saturated rings. The van der Waals surface area contributed by atoms with Crippen LogP contribution >= 0.6 is 0 Å². The molecule has 0 spiro atoms. The first kappa shape index (κ1) is 16.4. The fraction of sp³-hybridized carbons (Fsp3) is 0.300. The van der Waals surface area contributed by atoms with Gasteiger partial charge in [-0.3, -0.25) is 14.1 Å². The largest absolute Gasteiger partial charge is 0.294 e. The van der Waals surface area contributed by atoms with Crippen molar-refractivity contribution < 1.29 is 0 Å². The zero-order valence-electron chi connectivity index (χ0n) is 14.5. The van der Waals surface area contributed by atoms with Crippen molar-refractivity contribution >= 4 is 5.65 Å². The van der Waals surface area contributed by atoms with E-state index in [0.29, 0.717) is 6.54 Å². The lowest BCUT2D eigenvalue weighted by molar-refractivity contribution is 0.267. The molecule has 124 valence electrons. The summed E-state index contributed by atoms with van der Waals surface area (Å²) in [6.45, 7) is 8.69. The first-order valence-electron chi connectivity index (χ1n) is 8.33. The molecular formula is C20H23N3O. The molecule has 0 atom stereocenters. The summed E-state index contributed by atoms with van der Waals surface area (Å²) in [5, 5.41) is 0. The molecule has 4 heteroatoms. The number of pyridine rings is 1. The summed E-state index contributed by atoms with van der Waals surface area (Å²) in [7, 11) is 0. The smallest absolute Gasteiger partial charge is 0.258 e. The van der Waals surface area contributed by atoms with E-state index in [2.05, 4.69) is 43.0 Å². The summed E-state index contributed by atoms with van der Waals surface area (Å²) in [6.07, 6.45) is 1.77. The van der Waals surface area contributed by atoms with E-state index in [1.165, 1.54) is 11.1 Å². The van der Waals surface area contributed by atoms with Gasteiger partial charge >= 0.3 is 0 Å². The van der Waals surface area contributed by atoms with Crippen LogP contribution in [0.4, 0.5) is 0 Å². The van der Waals surface area contributed by atoms with Crippen LogP contribution in [-0.4, -0.2) is 20.8 Å². The standard InChI is InChI=1S/C20H23N3O/c1-4-22(13-17-10-6-5-8-15(17)2)14-18-12-19(24)23-11-7-9-16(3)20(23)21-18/h5-12H,4,13-14H2,1-3H3. The summed E-state index contributed by atoms with van der Waals surface area (Å²) < 4.78 is 1.61. The molecule has 0 N–H and O–H groups in total. The number of nitrogens with zero attached hydrogens (tertiary/aromatic N) is 3. The van der Waals surface area contributed by atoms with Gasteiger partial charge in [0.1, 0.15) is 5.65 Å². The lowest BCUT2D eigenvalue weighted by atomic mass is 10.1. The molecule has 2 heterocycles. The summed E-state index contributed by atoms with van der Waals surface area (Å²) in [5.41, 5.74) is 5.16. The Morgan fingerprint density at radius 2 is 1.79 bits per heavy atom. The molecule has 0 aliphatic carbocycles. The van der Waals surface area contributed by atoms with Crippen molar-refractivity contribution in [1.29, 1.82) is 0 Å². The molecule has 0 amide bonds. The SMILES string of the molecule is CCN(Cc1cc(=O)n2cccc(C)c2n1)Cc1ccccc1C. The second kappa shape index (κ2) is 6.97. The zero-order valence-corrected chi connectivity index (χ0v) is 14.5. The van der Waals surface area contributed by atoms with Crippen LogP contribution in [0.3, 0.4) is 0 Å². The highest BCUT2D eigenvalue weighted by atomic mass is 16.1. The fourth-order valence-corrected chi connectivity index (χ4v) is 2.93. The number of aryl methyl sites for hydroxylation is 2. The zero-order chi connectivity index (χ0) is 17.1. The van der Waals surface area contributed by atoms with Crippen LogP contribution in [0.15, 0.2) is 53.5 Å². The molecule has 3 aromatic rings. The van der Waals surface area contributed by atoms with Crippen molar-refractivity contribution in [2.75, 3.05) is 6.54 Å². The molecule has 0 aliphatic heterocycles. The number of rotatable bonds is 5. The molecule has 0 unspecified atom stereocenters. The maximum Gasteiger partial charge on any atom is 0.258 e.